The molecule has 170 valence electrons. The van der Waals surface area contributed by atoms with Gasteiger partial charge in [0.25, 0.3) is 0 Å². The lowest BCUT2D eigenvalue weighted by molar-refractivity contribution is -0.120. The first-order chi connectivity index (χ1) is 14.5. The van der Waals surface area contributed by atoms with Crippen molar-refractivity contribution >= 4 is 21.6 Å². The molecule has 0 unspecified atom stereocenters. The molecule has 9 heteroatoms. The molecule has 0 aliphatic rings. The number of benzene rings is 2. The van der Waals surface area contributed by atoms with E-state index in [4.69, 9.17) is 14.2 Å². The third-order valence-corrected chi connectivity index (χ3v) is 5.61. The van der Waals surface area contributed by atoms with Crippen LogP contribution in [0.2, 0.25) is 0 Å². The Bertz CT molecular complexity index is 990. The Hall–Kier alpha value is -2.94. The fourth-order valence-corrected chi connectivity index (χ4v) is 3.89. The fraction of sp³-hybridized carbons (Fsp3) is 0.409. The Morgan fingerprint density at radius 3 is 2.13 bits per heavy atom. The Morgan fingerprint density at radius 1 is 1.00 bits per heavy atom. The summed E-state index contributed by atoms with van der Waals surface area (Å²) in [7, 11) is -0.594. The molecule has 0 heterocycles. The maximum atomic E-state index is 12.7. The molecule has 31 heavy (non-hydrogen) atoms. The van der Waals surface area contributed by atoms with Gasteiger partial charge in [-0.3, -0.25) is 9.10 Å². The normalized spacial score (nSPS) is 12.2. The molecular formula is C22H30N2O6S. The summed E-state index contributed by atoms with van der Waals surface area (Å²) in [4.78, 5) is 12.7. The number of amides is 1. The lowest BCUT2D eigenvalue weighted by atomic mass is 10.1. The first-order valence-electron chi connectivity index (χ1n) is 9.81. The molecule has 0 saturated carbocycles. The van der Waals surface area contributed by atoms with Crippen molar-refractivity contribution in [3.8, 4) is 17.2 Å². The highest BCUT2D eigenvalue weighted by Gasteiger charge is 2.23. The van der Waals surface area contributed by atoms with Crippen molar-refractivity contribution in [1.29, 1.82) is 0 Å². The van der Waals surface area contributed by atoms with Crippen LogP contribution in [0, 0.1) is 0 Å². The zero-order chi connectivity index (χ0) is 23.2. The SMILES string of the molecule is COc1ccc(OC)c([C@@H](C)NC(=O)CN(c2ccc(OC(C)C)cc2)S(C)(=O)=O)c1. The number of ether oxygens (including phenoxy) is 3. The van der Waals surface area contributed by atoms with E-state index < -0.39 is 22.0 Å². The van der Waals surface area contributed by atoms with Crippen LogP contribution in [0.25, 0.3) is 0 Å². The number of hydrogen-bond acceptors (Lipinski definition) is 6. The summed E-state index contributed by atoms with van der Waals surface area (Å²) < 4.78 is 41.9. The van der Waals surface area contributed by atoms with Gasteiger partial charge in [0.1, 0.15) is 23.8 Å². The smallest absolute Gasteiger partial charge is 0.241 e. The zero-order valence-electron chi connectivity index (χ0n) is 18.7. The molecule has 0 aliphatic carbocycles. The number of nitrogens with zero attached hydrogens (tertiary/aromatic N) is 1. The van der Waals surface area contributed by atoms with E-state index in [1.165, 1.54) is 7.11 Å². The monoisotopic (exact) mass is 450 g/mol. The molecule has 1 N–H and O–H groups in total. The second-order valence-corrected chi connectivity index (χ2v) is 9.23. The summed E-state index contributed by atoms with van der Waals surface area (Å²) in [6.45, 7) is 5.23. The topological polar surface area (TPSA) is 94.2 Å². The van der Waals surface area contributed by atoms with E-state index in [0.29, 0.717) is 22.9 Å². The van der Waals surface area contributed by atoms with Crippen LogP contribution in [0.3, 0.4) is 0 Å². The van der Waals surface area contributed by atoms with E-state index in [0.717, 1.165) is 16.1 Å². The Kier molecular flexibility index (Phi) is 8.15. The molecule has 2 rings (SSSR count). The molecule has 0 bridgehead atoms. The van der Waals surface area contributed by atoms with E-state index in [1.807, 2.05) is 13.8 Å². The summed E-state index contributed by atoms with van der Waals surface area (Å²) in [5.41, 5.74) is 1.09. The summed E-state index contributed by atoms with van der Waals surface area (Å²) in [6, 6.07) is 11.4. The Balaban J connectivity index is 2.18. The van der Waals surface area contributed by atoms with Crippen molar-refractivity contribution in [2.24, 2.45) is 0 Å². The van der Waals surface area contributed by atoms with Gasteiger partial charge in [-0.2, -0.15) is 0 Å². The number of carbonyl (C=O) groups is 1. The van der Waals surface area contributed by atoms with Gasteiger partial charge in [-0.25, -0.2) is 8.42 Å². The molecule has 2 aromatic rings. The van der Waals surface area contributed by atoms with Gasteiger partial charge in [-0.1, -0.05) is 0 Å². The summed E-state index contributed by atoms with van der Waals surface area (Å²) in [5.74, 6) is 1.38. The Morgan fingerprint density at radius 2 is 1.61 bits per heavy atom. The number of anilines is 1. The third-order valence-electron chi connectivity index (χ3n) is 4.46. The minimum atomic E-state index is -3.69. The van der Waals surface area contributed by atoms with Crippen LogP contribution in [-0.2, 0) is 14.8 Å². The summed E-state index contributed by atoms with van der Waals surface area (Å²) in [6.07, 6.45) is 1.06. The van der Waals surface area contributed by atoms with Crippen molar-refractivity contribution in [2.45, 2.75) is 32.9 Å². The van der Waals surface area contributed by atoms with Gasteiger partial charge in [0, 0.05) is 5.56 Å². The number of nitrogens with one attached hydrogen (secondary N) is 1. The molecule has 0 aromatic heterocycles. The predicted molar refractivity (Wildman–Crippen MR) is 120 cm³/mol. The van der Waals surface area contributed by atoms with E-state index in [2.05, 4.69) is 5.32 Å². The van der Waals surface area contributed by atoms with Gasteiger partial charge in [-0.15, -0.1) is 0 Å². The van der Waals surface area contributed by atoms with Crippen LogP contribution in [-0.4, -0.2) is 47.4 Å². The number of hydrogen-bond donors (Lipinski definition) is 1. The quantitative estimate of drug-likeness (QED) is 0.598. The van der Waals surface area contributed by atoms with E-state index in [-0.39, 0.29) is 12.6 Å². The van der Waals surface area contributed by atoms with Crippen LogP contribution in [0.5, 0.6) is 17.2 Å². The molecule has 0 fully saturated rings. The van der Waals surface area contributed by atoms with Crippen molar-refractivity contribution in [3.63, 3.8) is 0 Å². The number of sulfonamides is 1. The van der Waals surface area contributed by atoms with Crippen LogP contribution >= 0.6 is 0 Å². The van der Waals surface area contributed by atoms with Crippen LogP contribution in [0.15, 0.2) is 42.5 Å². The molecule has 2 aromatic carbocycles. The van der Waals surface area contributed by atoms with Gasteiger partial charge in [-0.05, 0) is 63.2 Å². The molecular weight excluding hydrogens is 420 g/mol. The maximum Gasteiger partial charge on any atom is 0.241 e. The van der Waals surface area contributed by atoms with E-state index >= 15 is 0 Å². The van der Waals surface area contributed by atoms with Gasteiger partial charge in [0.2, 0.25) is 15.9 Å². The van der Waals surface area contributed by atoms with Crippen molar-refractivity contribution in [3.05, 3.63) is 48.0 Å². The molecule has 0 saturated heterocycles. The highest BCUT2D eigenvalue weighted by atomic mass is 32.2. The first kappa shape index (κ1) is 24.3. The third kappa shape index (κ3) is 6.78. The minimum Gasteiger partial charge on any atom is -0.497 e. The largest absolute Gasteiger partial charge is 0.497 e. The average Bonchev–Trinajstić information content (AvgIpc) is 2.71. The van der Waals surface area contributed by atoms with Crippen LogP contribution < -0.4 is 23.8 Å². The molecule has 0 spiro atoms. The van der Waals surface area contributed by atoms with Gasteiger partial charge < -0.3 is 19.5 Å². The fourth-order valence-electron chi connectivity index (χ4n) is 3.04. The average molecular weight is 451 g/mol. The van der Waals surface area contributed by atoms with E-state index in [9.17, 15) is 13.2 Å². The Labute approximate surface area is 184 Å². The molecule has 1 atom stereocenters. The second-order valence-electron chi connectivity index (χ2n) is 7.33. The molecule has 0 radical (unpaired) electrons. The minimum absolute atomic E-state index is 0.00210. The highest BCUT2D eigenvalue weighted by molar-refractivity contribution is 7.92. The van der Waals surface area contributed by atoms with Crippen LogP contribution in [0.1, 0.15) is 32.4 Å². The van der Waals surface area contributed by atoms with Crippen LogP contribution in [0.4, 0.5) is 5.69 Å². The number of carbonyl (C=O) groups excluding carboxylic acids is 1. The van der Waals surface area contributed by atoms with Gasteiger partial charge in [0.15, 0.2) is 0 Å². The first-order valence-corrected chi connectivity index (χ1v) is 11.7. The van der Waals surface area contributed by atoms with Crippen molar-refractivity contribution in [1.82, 2.24) is 5.32 Å². The zero-order valence-corrected chi connectivity index (χ0v) is 19.5. The highest BCUT2D eigenvalue weighted by Crippen LogP contribution is 2.29. The standard InChI is InChI=1S/C22H30N2O6S/c1-15(2)30-18-9-7-17(8-10-18)24(31(6,26)27)14-22(25)23-16(3)20-13-19(28-4)11-12-21(20)29-5/h7-13,15-16H,14H2,1-6H3,(H,23,25)/t16-/m1/s1. The molecule has 8 nitrogen and oxygen atoms in total. The van der Waals surface area contributed by atoms with E-state index in [1.54, 1.807) is 56.5 Å². The molecule has 1 amide bonds. The summed E-state index contributed by atoms with van der Waals surface area (Å²) >= 11 is 0. The lowest BCUT2D eigenvalue weighted by Gasteiger charge is -2.24. The van der Waals surface area contributed by atoms with Gasteiger partial charge in [0.05, 0.1) is 38.3 Å². The lowest BCUT2D eigenvalue weighted by Crippen LogP contribution is -2.41. The summed E-state index contributed by atoms with van der Waals surface area (Å²) in [5, 5.41) is 2.83. The van der Waals surface area contributed by atoms with Crippen molar-refractivity contribution in [2.75, 3.05) is 31.3 Å². The second kappa shape index (κ2) is 10.4. The number of rotatable bonds is 10. The van der Waals surface area contributed by atoms with Crippen molar-refractivity contribution < 1.29 is 27.4 Å². The maximum absolute atomic E-state index is 12.7. The number of methoxy groups -OCH3 is 2. The predicted octanol–water partition coefficient (Wildman–Crippen LogP) is 3.13. The molecule has 0 aliphatic heterocycles. The van der Waals surface area contributed by atoms with Gasteiger partial charge >= 0.3 is 0 Å².